The van der Waals surface area contributed by atoms with E-state index in [1.807, 2.05) is 24.3 Å². The van der Waals surface area contributed by atoms with Gasteiger partial charge < -0.3 is 14.7 Å². The van der Waals surface area contributed by atoms with Crippen molar-refractivity contribution in [1.82, 2.24) is 4.90 Å². The average molecular weight is 261 g/mol. The molecule has 3 atom stereocenters. The van der Waals surface area contributed by atoms with E-state index < -0.39 is 5.60 Å². The van der Waals surface area contributed by atoms with E-state index in [2.05, 4.69) is 11.8 Å². The molecule has 0 amide bonds. The van der Waals surface area contributed by atoms with E-state index in [-0.39, 0.29) is 0 Å². The van der Waals surface area contributed by atoms with Crippen LogP contribution in [-0.4, -0.2) is 36.2 Å². The van der Waals surface area contributed by atoms with Gasteiger partial charge in [-0.05, 0) is 43.5 Å². The Kier molecular flexibility index (Phi) is 3.50. The molecule has 2 aliphatic rings. The lowest BCUT2D eigenvalue weighted by Gasteiger charge is -2.39. The molecule has 2 heterocycles. The minimum atomic E-state index is -0.629. The van der Waals surface area contributed by atoms with Gasteiger partial charge in [-0.2, -0.15) is 0 Å². The molecule has 3 nitrogen and oxygen atoms in total. The Morgan fingerprint density at radius 2 is 2.11 bits per heavy atom. The number of nitrogens with zero attached hydrogens (tertiary/aromatic N) is 1. The Morgan fingerprint density at radius 3 is 2.84 bits per heavy atom. The Hall–Kier alpha value is -1.06. The number of rotatable bonds is 4. The third-order valence-electron chi connectivity index (χ3n) is 4.58. The van der Waals surface area contributed by atoms with Crippen LogP contribution in [0, 0.1) is 5.92 Å². The van der Waals surface area contributed by atoms with Gasteiger partial charge in [-0.25, -0.2) is 0 Å². The first-order chi connectivity index (χ1) is 9.22. The van der Waals surface area contributed by atoms with Crippen molar-refractivity contribution in [2.24, 2.45) is 5.92 Å². The van der Waals surface area contributed by atoms with Gasteiger partial charge in [0.15, 0.2) is 0 Å². The van der Waals surface area contributed by atoms with Gasteiger partial charge in [0.05, 0.1) is 12.2 Å². The maximum absolute atomic E-state index is 11.0. The number of hydrogen-bond acceptors (Lipinski definition) is 3. The van der Waals surface area contributed by atoms with E-state index in [4.69, 9.17) is 4.74 Å². The van der Waals surface area contributed by atoms with E-state index in [9.17, 15) is 5.11 Å². The summed E-state index contributed by atoms with van der Waals surface area (Å²) in [6.45, 7) is 6.06. The largest absolute Gasteiger partial charge is 0.494 e. The van der Waals surface area contributed by atoms with Crippen LogP contribution < -0.4 is 4.74 Å². The quantitative estimate of drug-likeness (QED) is 0.903. The van der Waals surface area contributed by atoms with Crippen molar-refractivity contribution >= 4 is 0 Å². The maximum Gasteiger partial charge on any atom is 0.119 e. The molecule has 3 unspecified atom stereocenters. The van der Waals surface area contributed by atoms with Crippen molar-refractivity contribution < 1.29 is 9.84 Å². The van der Waals surface area contributed by atoms with Crippen molar-refractivity contribution in [3.05, 3.63) is 29.8 Å². The van der Waals surface area contributed by atoms with Crippen LogP contribution in [0.3, 0.4) is 0 Å². The third kappa shape index (κ3) is 2.37. The molecular formula is C16H23NO2. The maximum atomic E-state index is 11.0. The summed E-state index contributed by atoms with van der Waals surface area (Å²) in [7, 11) is 0. The number of fused-ring (bicyclic) bond motifs is 2. The molecule has 2 aliphatic heterocycles. The summed E-state index contributed by atoms with van der Waals surface area (Å²) in [5.41, 5.74) is 0.430. The summed E-state index contributed by atoms with van der Waals surface area (Å²) in [4.78, 5) is 2.46. The monoisotopic (exact) mass is 261 g/mol. The molecule has 1 aromatic rings. The number of hydrogen-bond donors (Lipinski definition) is 1. The fourth-order valence-corrected chi connectivity index (χ4v) is 3.40. The highest BCUT2D eigenvalue weighted by atomic mass is 16.5. The summed E-state index contributed by atoms with van der Waals surface area (Å²) in [5, 5.41) is 11.0. The molecular weight excluding hydrogens is 238 g/mol. The van der Waals surface area contributed by atoms with Crippen molar-refractivity contribution in [3.8, 4) is 5.75 Å². The molecule has 2 bridgehead atoms. The van der Waals surface area contributed by atoms with Crippen molar-refractivity contribution in [2.75, 3.05) is 26.2 Å². The number of benzene rings is 1. The second-order valence-electron chi connectivity index (χ2n) is 5.83. The summed E-state index contributed by atoms with van der Waals surface area (Å²) >= 11 is 0. The number of aliphatic hydroxyl groups is 1. The summed E-state index contributed by atoms with van der Waals surface area (Å²) in [5.74, 6) is 1.29. The molecule has 3 rings (SSSR count). The fourth-order valence-electron chi connectivity index (χ4n) is 3.40. The van der Waals surface area contributed by atoms with Crippen LogP contribution in [0.5, 0.6) is 5.75 Å². The van der Waals surface area contributed by atoms with Gasteiger partial charge in [0.1, 0.15) is 5.75 Å². The average Bonchev–Trinajstić information content (AvgIpc) is 2.87. The van der Waals surface area contributed by atoms with Gasteiger partial charge in [-0.15, -0.1) is 0 Å². The summed E-state index contributed by atoms with van der Waals surface area (Å²) in [6.07, 6.45) is 2.99. The molecule has 1 N–H and O–H groups in total. The smallest absolute Gasteiger partial charge is 0.119 e. The summed E-state index contributed by atoms with van der Waals surface area (Å²) in [6, 6.07) is 8.06. The van der Waals surface area contributed by atoms with Crippen LogP contribution in [-0.2, 0) is 5.60 Å². The van der Waals surface area contributed by atoms with Gasteiger partial charge in [0, 0.05) is 19.0 Å². The van der Waals surface area contributed by atoms with Crippen LogP contribution in [0.1, 0.15) is 31.7 Å². The number of piperidine rings is 1. The highest BCUT2D eigenvalue weighted by Gasteiger charge is 2.45. The second kappa shape index (κ2) is 5.14. The molecule has 3 heteroatoms. The molecule has 0 aromatic heterocycles. The van der Waals surface area contributed by atoms with Crippen LogP contribution in [0.4, 0.5) is 0 Å². The lowest BCUT2D eigenvalue weighted by molar-refractivity contribution is -0.0502. The van der Waals surface area contributed by atoms with Gasteiger partial charge in [-0.1, -0.05) is 19.1 Å². The summed E-state index contributed by atoms with van der Waals surface area (Å²) < 4.78 is 5.60. The molecule has 0 radical (unpaired) electrons. The van der Waals surface area contributed by atoms with Crippen molar-refractivity contribution in [1.29, 1.82) is 0 Å². The second-order valence-corrected chi connectivity index (χ2v) is 5.83. The van der Waals surface area contributed by atoms with Crippen LogP contribution in [0.15, 0.2) is 24.3 Å². The van der Waals surface area contributed by atoms with Crippen LogP contribution in [0.25, 0.3) is 0 Å². The highest BCUT2D eigenvalue weighted by Crippen LogP contribution is 2.42. The molecule has 0 spiro atoms. The third-order valence-corrected chi connectivity index (χ3v) is 4.58. The zero-order valence-electron chi connectivity index (χ0n) is 11.6. The Balaban J connectivity index is 1.77. The minimum absolute atomic E-state index is 0.392. The highest BCUT2D eigenvalue weighted by molar-refractivity contribution is 5.32. The first-order valence-electron chi connectivity index (χ1n) is 7.40. The van der Waals surface area contributed by atoms with Gasteiger partial charge in [0.2, 0.25) is 0 Å². The topological polar surface area (TPSA) is 32.7 Å². The zero-order chi connectivity index (χ0) is 13.3. The Labute approximate surface area is 115 Å². The minimum Gasteiger partial charge on any atom is -0.494 e. The molecule has 0 aliphatic carbocycles. The Bertz CT molecular complexity index is 431. The molecule has 1 aromatic carbocycles. The predicted molar refractivity (Wildman–Crippen MR) is 75.3 cm³/mol. The molecule has 104 valence electrons. The lowest BCUT2D eigenvalue weighted by atomic mass is 9.77. The van der Waals surface area contributed by atoms with Crippen LogP contribution >= 0.6 is 0 Å². The Morgan fingerprint density at radius 1 is 1.32 bits per heavy atom. The van der Waals surface area contributed by atoms with Crippen molar-refractivity contribution in [3.63, 3.8) is 0 Å². The van der Waals surface area contributed by atoms with Crippen LogP contribution in [0.2, 0.25) is 0 Å². The SMILES string of the molecule is CCCOc1ccc(C2(O)CCN3CCC2C3)cc1. The van der Waals surface area contributed by atoms with E-state index in [0.717, 1.165) is 56.8 Å². The van der Waals surface area contributed by atoms with E-state index in [0.29, 0.717) is 5.92 Å². The van der Waals surface area contributed by atoms with E-state index in [1.165, 1.54) is 0 Å². The molecule has 2 saturated heterocycles. The normalized spacial score (nSPS) is 33.4. The number of ether oxygens (including phenoxy) is 1. The first kappa shape index (κ1) is 12.9. The molecule has 0 saturated carbocycles. The molecule has 19 heavy (non-hydrogen) atoms. The van der Waals surface area contributed by atoms with E-state index in [1.54, 1.807) is 0 Å². The predicted octanol–water partition coefficient (Wildman–Crippen LogP) is 2.39. The van der Waals surface area contributed by atoms with Gasteiger partial charge in [-0.3, -0.25) is 0 Å². The standard InChI is InChI=1S/C16H23NO2/c1-2-11-19-15-5-3-13(4-6-15)16(18)8-10-17-9-7-14(16)12-17/h3-6,14,18H,2,7-12H2,1H3. The van der Waals surface area contributed by atoms with Gasteiger partial charge >= 0.3 is 0 Å². The fraction of sp³-hybridized carbons (Fsp3) is 0.625. The first-order valence-corrected chi connectivity index (χ1v) is 7.40. The van der Waals surface area contributed by atoms with Gasteiger partial charge in [0.25, 0.3) is 0 Å². The zero-order valence-corrected chi connectivity index (χ0v) is 11.6. The lowest BCUT2D eigenvalue weighted by Crippen LogP contribution is -2.44. The van der Waals surface area contributed by atoms with Crippen molar-refractivity contribution in [2.45, 2.75) is 31.8 Å². The molecule has 2 fully saturated rings. The van der Waals surface area contributed by atoms with E-state index >= 15 is 0 Å².